The Labute approximate surface area is 103 Å². The largest absolute Gasteiger partial charge is 0.506 e. The molecule has 2 aromatic rings. The fraction of sp³-hybridized carbons (Fsp3) is 0.231. The Morgan fingerprint density at radius 3 is 2.78 bits per heavy atom. The maximum absolute atomic E-state index is 11.8. The lowest BCUT2D eigenvalue weighted by atomic mass is 10.0. The molecule has 0 bridgehead atoms. The van der Waals surface area contributed by atoms with Crippen molar-refractivity contribution in [2.75, 3.05) is 6.61 Å². The standard InChI is InChI=1S/C13H13NO4/c1-3-18-13(17)12(16)8-4-5-9-10(11(8)15)7(2)6-14-9/h4-6,14-15H,3H2,1-2H3. The summed E-state index contributed by atoms with van der Waals surface area (Å²) in [6.45, 7) is 3.54. The maximum atomic E-state index is 11.8. The molecule has 0 spiro atoms. The summed E-state index contributed by atoms with van der Waals surface area (Å²) in [4.78, 5) is 26.1. The van der Waals surface area contributed by atoms with E-state index in [1.807, 2.05) is 0 Å². The second-order valence-corrected chi connectivity index (χ2v) is 3.91. The lowest BCUT2D eigenvalue weighted by molar-refractivity contribution is -0.137. The van der Waals surface area contributed by atoms with Crippen LogP contribution in [0.4, 0.5) is 0 Å². The van der Waals surface area contributed by atoms with Gasteiger partial charge in [-0.15, -0.1) is 0 Å². The predicted molar refractivity (Wildman–Crippen MR) is 65.7 cm³/mol. The van der Waals surface area contributed by atoms with Crippen LogP contribution in [0.3, 0.4) is 0 Å². The number of esters is 1. The average Bonchev–Trinajstić information content (AvgIpc) is 2.72. The van der Waals surface area contributed by atoms with Gasteiger partial charge in [0.05, 0.1) is 12.2 Å². The molecule has 0 radical (unpaired) electrons. The molecule has 2 N–H and O–H groups in total. The normalized spacial score (nSPS) is 10.6. The molecule has 94 valence electrons. The van der Waals surface area contributed by atoms with Gasteiger partial charge in [0.1, 0.15) is 5.75 Å². The van der Waals surface area contributed by atoms with E-state index in [9.17, 15) is 14.7 Å². The quantitative estimate of drug-likeness (QED) is 0.493. The number of hydrogen-bond acceptors (Lipinski definition) is 4. The van der Waals surface area contributed by atoms with Gasteiger partial charge < -0.3 is 14.8 Å². The molecule has 0 amide bonds. The monoisotopic (exact) mass is 247 g/mol. The third-order valence-corrected chi connectivity index (χ3v) is 2.72. The molecule has 0 unspecified atom stereocenters. The van der Waals surface area contributed by atoms with Gasteiger partial charge in [0, 0.05) is 17.1 Å². The Bertz CT molecular complexity index is 627. The summed E-state index contributed by atoms with van der Waals surface area (Å²) < 4.78 is 4.63. The van der Waals surface area contributed by atoms with Crippen molar-refractivity contribution >= 4 is 22.7 Å². The fourth-order valence-corrected chi connectivity index (χ4v) is 1.86. The van der Waals surface area contributed by atoms with Crippen LogP contribution in [0.15, 0.2) is 18.3 Å². The smallest absolute Gasteiger partial charge is 0.379 e. The Morgan fingerprint density at radius 1 is 1.39 bits per heavy atom. The number of phenols is 1. The van der Waals surface area contributed by atoms with E-state index < -0.39 is 11.8 Å². The molecule has 0 aliphatic heterocycles. The Balaban J connectivity index is 2.52. The molecule has 0 fully saturated rings. The van der Waals surface area contributed by atoms with Crippen LogP contribution in [0, 0.1) is 6.92 Å². The molecule has 0 saturated carbocycles. The van der Waals surface area contributed by atoms with Crippen molar-refractivity contribution in [3.8, 4) is 5.75 Å². The van der Waals surface area contributed by atoms with Gasteiger partial charge in [0.25, 0.3) is 5.78 Å². The Hall–Kier alpha value is -2.30. The molecule has 1 aromatic carbocycles. The number of aryl methyl sites for hydroxylation is 1. The highest BCUT2D eigenvalue weighted by Crippen LogP contribution is 2.31. The van der Waals surface area contributed by atoms with Crippen LogP contribution in [0.1, 0.15) is 22.8 Å². The molecule has 1 aromatic heterocycles. The first kappa shape index (κ1) is 12.2. The molecule has 5 nitrogen and oxygen atoms in total. The van der Waals surface area contributed by atoms with Crippen LogP contribution in [0.25, 0.3) is 10.9 Å². The number of ketones is 1. The van der Waals surface area contributed by atoms with Gasteiger partial charge >= 0.3 is 5.97 Å². The van der Waals surface area contributed by atoms with Crippen molar-refractivity contribution in [3.63, 3.8) is 0 Å². The first-order valence-electron chi connectivity index (χ1n) is 5.57. The Morgan fingerprint density at radius 2 is 2.11 bits per heavy atom. The van der Waals surface area contributed by atoms with Gasteiger partial charge in [-0.2, -0.15) is 0 Å². The van der Waals surface area contributed by atoms with Gasteiger partial charge in [-0.25, -0.2) is 4.79 Å². The van der Waals surface area contributed by atoms with Crippen molar-refractivity contribution < 1.29 is 19.4 Å². The Kier molecular flexibility index (Phi) is 3.06. The van der Waals surface area contributed by atoms with E-state index in [0.29, 0.717) is 10.9 Å². The van der Waals surface area contributed by atoms with Crippen LogP contribution >= 0.6 is 0 Å². The van der Waals surface area contributed by atoms with Crippen LogP contribution in [0.5, 0.6) is 5.75 Å². The molecule has 0 atom stereocenters. The number of nitrogens with one attached hydrogen (secondary N) is 1. The number of phenolic OH excluding ortho intramolecular Hbond substituents is 1. The minimum absolute atomic E-state index is 0.0383. The number of H-pyrrole nitrogens is 1. The van der Waals surface area contributed by atoms with Crippen LogP contribution in [0.2, 0.25) is 0 Å². The molecular formula is C13H13NO4. The number of carbonyl (C=O) groups excluding carboxylic acids is 2. The number of carbonyl (C=O) groups is 2. The number of aromatic hydroxyl groups is 1. The second-order valence-electron chi connectivity index (χ2n) is 3.91. The van der Waals surface area contributed by atoms with E-state index in [0.717, 1.165) is 5.56 Å². The molecule has 1 heterocycles. The highest BCUT2D eigenvalue weighted by molar-refractivity contribution is 6.41. The molecule has 0 aliphatic carbocycles. The van der Waals surface area contributed by atoms with Crippen molar-refractivity contribution in [1.82, 2.24) is 4.98 Å². The highest BCUT2D eigenvalue weighted by atomic mass is 16.5. The molecular weight excluding hydrogens is 234 g/mol. The number of fused-ring (bicyclic) bond motifs is 1. The van der Waals surface area contributed by atoms with E-state index in [1.165, 1.54) is 6.07 Å². The summed E-state index contributed by atoms with van der Waals surface area (Å²) in [6.07, 6.45) is 1.73. The summed E-state index contributed by atoms with van der Waals surface area (Å²) >= 11 is 0. The minimum atomic E-state index is -0.958. The molecule has 2 rings (SSSR count). The first-order chi connectivity index (χ1) is 8.56. The van der Waals surface area contributed by atoms with Gasteiger partial charge in [-0.05, 0) is 31.5 Å². The number of ether oxygens (including phenoxy) is 1. The zero-order chi connectivity index (χ0) is 13.3. The van der Waals surface area contributed by atoms with Crippen LogP contribution in [-0.4, -0.2) is 28.4 Å². The third kappa shape index (κ3) is 1.84. The number of hydrogen-bond donors (Lipinski definition) is 2. The molecule has 5 heteroatoms. The van der Waals surface area contributed by atoms with Crippen molar-refractivity contribution in [1.29, 1.82) is 0 Å². The molecule has 18 heavy (non-hydrogen) atoms. The zero-order valence-corrected chi connectivity index (χ0v) is 10.1. The van der Waals surface area contributed by atoms with Gasteiger partial charge in [-0.3, -0.25) is 4.79 Å². The SMILES string of the molecule is CCOC(=O)C(=O)c1ccc2[nH]cc(C)c2c1O. The lowest BCUT2D eigenvalue weighted by Crippen LogP contribution is -2.17. The summed E-state index contributed by atoms with van der Waals surface area (Å²) in [5.74, 6) is -1.98. The van der Waals surface area contributed by atoms with Gasteiger partial charge in [-0.1, -0.05) is 0 Å². The first-order valence-corrected chi connectivity index (χ1v) is 5.57. The van der Waals surface area contributed by atoms with Gasteiger partial charge in [0.2, 0.25) is 0 Å². The van der Waals surface area contributed by atoms with Gasteiger partial charge in [0.15, 0.2) is 0 Å². The lowest BCUT2D eigenvalue weighted by Gasteiger charge is -2.05. The van der Waals surface area contributed by atoms with Crippen LogP contribution in [-0.2, 0) is 9.53 Å². The summed E-state index contributed by atoms with van der Waals surface area (Å²) in [6, 6.07) is 3.06. The average molecular weight is 247 g/mol. The number of benzene rings is 1. The van der Waals surface area contributed by atoms with Crippen molar-refractivity contribution in [2.24, 2.45) is 0 Å². The third-order valence-electron chi connectivity index (χ3n) is 2.72. The predicted octanol–water partition coefficient (Wildman–Crippen LogP) is 1.93. The van der Waals surface area contributed by atoms with E-state index in [-0.39, 0.29) is 17.9 Å². The van der Waals surface area contributed by atoms with E-state index in [2.05, 4.69) is 9.72 Å². The second kappa shape index (κ2) is 4.52. The number of rotatable bonds is 3. The van der Waals surface area contributed by atoms with E-state index in [1.54, 1.807) is 26.1 Å². The van der Waals surface area contributed by atoms with E-state index in [4.69, 9.17) is 0 Å². The highest BCUT2D eigenvalue weighted by Gasteiger charge is 2.22. The fourth-order valence-electron chi connectivity index (χ4n) is 1.86. The topological polar surface area (TPSA) is 79.4 Å². The molecule has 0 aliphatic rings. The molecule has 0 saturated heterocycles. The maximum Gasteiger partial charge on any atom is 0.379 e. The number of Topliss-reactive ketones (excluding diaryl/α,β-unsaturated/α-hetero) is 1. The summed E-state index contributed by atoms with van der Waals surface area (Å²) in [5.41, 5.74) is 1.48. The summed E-state index contributed by atoms with van der Waals surface area (Å²) in [5, 5.41) is 10.6. The minimum Gasteiger partial charge on any atom is -0.506 e. The van der Waals surface area contributed by atoms with Crippen LogP contribution < -0.4 is 0 Å². The zero-order valence-electron chi connectivity index (χ0n) is 10.1. The van der Waals surface area contributed by atoms with Crippen molar-refractivity contribution in [2.45, 2.75) is 13.8 Å². The van der Waals surface area contributed by atoms with Crippen molar-refractivity contribution in [3.05, 3.63) is 29.5 Å². The summed E-state index contributed by atoms with van der Waals surface area (Å²) in [7, 11) is 0. The number of aromatic nitrogens is 1. The van der Waals surface area contributed by atoms with E-state index >= 15 is 0 Å². The number of aromatic amines is 1.